The van der Waals surface area contributed by atoms with E-state index in [4.69, 9.17) is 4.74 Å². The van der Waals surface area contributed by atoms with Crippen molar-refractivity contribution >= 4 is 47.7 Å². The third kappa shape index (κ3) is 6.84. The monoisotopic (exact) mass is 690 g/mol. The number of rotatable bonds is 12. The maximum atomic E-state index is 7.64. The molecular formula is C47H48OP2. The molecule has 1 heterocycles. The van der Waals surface area contributed by atoms with E-state index in [0.717, 1.165) is 30.8 Å². The molecule has 0 aliphatic carbocycles. The maximum absolute atomic E-state index is 7.64. The Morgan fingerprint density at radius 3 is 1.44 bits per heavy atom. The summed E-state index contributed by atoms with van der Waals surface area (Å²) in [4.78, 5) is 0. The molecule has 252 valence electrons. The highest BCUT2D eigenvalue weighted by Crippen LogP contribution is 2.54. The van der Waals surface area contributed by atoms with Crippen molar-refractivity contribution in [3.63, 3.8) is 0 Å². The van der Waals surface area contributed by atoms with E-state index in [9.17, 15) is 0 Å². The number of ether oxygens (including phenoxy) is 1. The first-order chi connectivity index (χ1) is 24.5. The van der Waals surface area contributed by atoms with Crippen LogP contribution in [-0.2, 0) is 18.3 Å². The zero-order valence-corrected chi connectivity index (χ0v) is 31.7. The van der Waals surface area contributed by atoms with Gasteiger partial charge in [-0.1, -0.05) is 174 Å². The lowest BCUT2D eigenvalue weighted by atomic mass is 9.72. The molecule has 1 nitrogen and oxygen atoms in total. The van der Waals surface area contributed by atoms with Gasteiger partial charge in [0, 0.05) is 27.2 Å². The van der Waals surface area contributed by atoms with Crippen molar-refractivity contribution in [2.24, 2.45) is 0 Å². The van der Waals surface area contributed by atoms with E-state index in [1.54, 1.807) is 0 Å². The summed E-state index contributed by atoms with van der Waals surface area (Å²) in [5, 5.41) is 8.02. The van der Waals surface area contributed by atoms with Gasteiger partial charge in [0.15, 0.2) is 0 Å². The van der Waals surface area contributed by atoms with Crippen LogP contribution in [0.15, 0.2) is 146 Å². The van der Waals surface area contributed by atoms with E-state index in [1.165, 1.54) is 73.3 Å². The third-order valence-corrected chi connectivity index (χ3v) is 14.9. The molecule has 7 rings (SSSR count). The molecule has 0 radical (unpaired) electrons. The van der Waals surface area contributed by atoms with E-state index in [2.05, 4.69) is 173 Å². The van der Waals surface area contributed by atoms with Crippen LogP contribution < -0.4 is 36.6 Å². The topological polar surface area (TPSA) is 9.23 Å². The molecule has 0 saturated carbocycles. The number of fused-ring (bicyclic) bond motifs is 2. The molecule has 6 aromatic rings. The Bertz CT molecular complexity index is 1940. The van der Waals surface area contributed by atoms with Gasteiger partial charge in [-0.05, 0) is 86.0 Å². The Morgan fingerprint density at radius 1 is 0.500 bits per heavy atom. The standard InChI is InChI=1S/C47H48OP2/c1-5-7-21-35-33-41-45(43(34-35)50(39-27-17-11-18-28-39)40-29-19-12-20-30-40)48-46-42(32-31-36(22-8-6-2)44(46)47(41,3)4)49(37-23-13-9-14-24-37)38-25-15-10-16-26-38/h9-20,23-34H,5-8,21-22H2,1-4H3. The van der Waals surface area contributed by atoms with E-state index >= 15 is 0 Å². The van der Waals surface area contributed by atoms with Gasteiger partial charge in [0.1, 0.15) is 11.5 Å². The van der Waals surface area contributed by atoms with E-state index in [-0.39, 0.29) is 5.41 Å². The molecule has 0 fully saturated rings. The molecule has 0 bridgehead atoms. The summed E-state index contributed by atoms with van der Waals surface area (Å²) >= 11 is 0. The van der Waals surface area contributed by atoms with Crippen molar-refractivity contribution in [1.29, 1.82) is 0 Å². The first-order valence-corrected chi connectivity index (χ1v) is 21.0. The molecule has 6 aromatic carbocycles. The second-order valence-corrected chi connectivity index (χ2v) is 18.3. The lowest BCUT2D eigenvalue weighted by Gasteiger charge is -2.40. The summed E-state index contributed by atoms with van der Waals surface area (Å²) in [7, 11) is -1.74. The molecule has 1 aliphatic rings. The quantitative estimate of drug-likeness (QED) is 0.116. The van der Waals surface area contributed by atoms with Crippen LogP contribution in [0.5, 0.6) is 11.5 Å². The minimum absolute atomic E-state index is 0.248. The zero-order valence-electron chi connectivity index (χ0n) is 29.9. The second-order valence-electron chi connectivity index (χ2n) is 13.9. The lowest BCUT2D eigenvalue weighted by molar-refractivity contribution is 0.421. The van der Waals surface area contributed by atoms with Crippen LogP contribution in [0.4, 0.5) is 0 Å². The Hall–Kier alpha value is -4.02. The molecule has 0 saturated heterocycles. The van der Waals surface area contributed by atoms with Gasteiger partial charge in [0.2, 0.25) is 0 Å². The molecule has 1 aliphatic heterocycles. The highest BCUT2D eigenvalue weighted by molar-refractivity contribution is 7.80. The van der Waals surface area contributed by atoms with Crippen molar-refractivity contribution in [1.82, 2.24) is 0 Å². The number of hydrogen-bond acceptors (Lipinski definition) is 1. The Balaban J connectivity index is 1.52. The fraction of sp³-hybridized carbons (Fsp3) is 0.234. The average molecular weight is 691 g/mol. The van der Waals surface area contributed by atoms with Gasteiger partial charge in [-0.15, -0.1) is 0 Å². The predicted molar refractivity (Wildman–Crippen MR) is 220 cm³/mol. The first kappa shape index (κ1) is 34.4. The lowest BCUT2D eigenvalue weighted by Crippen LogP contribution is -2.34. The minimum atomic E-state index is -0.872. The number of benzene rings is 6. The number of aryl methyl sites for hydroxylation is 2. The maximum Gasteiger partial charge on any atom is 0.140 e. The minimum Gasteiger partial charge on any atom is -0.455 e. The van der Waals surface area contributed by atoms with Gasteiger partial charge >= 0.3 is 0 Å². The Labute approximate surface area is 302 Å². The molecule has 0 spiro atoms. The smallest absolute Gasteiger partial charge is 0.140 e. The van der Waals surface area contributed by atoms with Crippen molar-refractivity contribution in [2.75, 3.05) is 0 Å². The zero-order chi connectivity index (χ0) is 34.5. The summed E-state index contributed by atoms with van der Waals surface area (Å²) in [5.74, 6) is 2.14. The molecule has 0 unspecified atom stereocenters. The highest BCUT2D eigenvalue weighted by atomic mass is 31.1. The molecule has 50 heavy (non-hydrogen) atoms. The van der Waals surface area contributed by atoms with Gasteiger partial charge in [0.05, 0.1) is 0 Å². The van der Waals surface area contributed by atoms with Crippen LogP contribution in [0.25, 0.3) is 0 Å². The van der Waals surface area contributed by atoms with Gasteiger partial charge in [-0.3, -0.25) is 0 Å². The highest BCUT2D eigenvalue weighted by Gasteiger charge is 2.41. The van der Waals surface area contributed by atoms with E-state index in [0.29, 0.717) is 0 Å². The Kier molecular flexibility index (Phi) is 10.7. The Morgan fingerprint density at radius 2 is 0.960 bits per heavy atom. The second kappa shape index (κ2) is 15.5. The molecule has 0 aromatic heterocycles. The predicted octanol–water partition coefficient (Wildman–Crippen LogP) is 10.3. The van der Waals surface area contributed by atoms with Gasteiger partial charge in [-0.2, -0.15) is 0 Å². The molecule has 0 atom stereocenters. The SMILES string of the molecule is CCCCc1cc(P(c2ccccc2)c2ccccc2)c2c(c1)C(C)(C)c1c(CCCC)ccc(P(c3ccccc3)c3ccccc3)c1O2. The number of unbranched alkanes of at least 4 members (excludes halogenated alkanes) is 2. The van der Waals surface area contributed by atoms with E-state index in [1.807, 2.05) is 0 Å². The van der Waals surface area contributed by atoms with Crippen LogP contribution >= 0.6 is 15.8 Å². The summed E-state index contributed by atoms with van der Waals surface area (Å²) in [5.41, 5.74) is 5.29. The number of hydrogen-bond donors (Lipinski definition) is 0. The molecular weight excluding hydrogens is 642 g/mol. The van der Waals surface area contributed by atoms with Crippen molar-refractivity contribution in [3.8, 4) is 11.5 Å². The summed E-state index contributed by atoms with van der Waals surface area (Å²) < 4.78 is 7.64. The van der Waals surface area contributed by atoms with Crippen molar-refractivity contribution in [2.45, 2.75) is 71.6 Å². The third-order valence-electron chi connectivity index (χ3n) is 10.0. The fourth-order valence-electron chi connectivity index (χ4n) is 7.49. The summed E-state index contributed by atoms with van der Waals surface area (Å²) in [6.07, 6.45) is 6.81. The van der Waals surface area contributed by atoms with Crippen LogP contribution in [0.1, 0.15) is 75.6 Å². The molecule has 0 N–H and O–H groups in total. The average Bonchev–Trinajstić information content (AvgIpc) is 3.16. The fourth-order valence-corrected chi connectivity index (χ4v) is 12.3. The largest absolute Gasteiger partial charge is 0.455 e. The normalized spacial score (nSPS) is 13.2. The van der Waals surface area contributed by atoms with Crippen LogP contribution in [0, 0.1) is 0 Å². The van der Waals surface area contributed by atoms with Crippen molar-refractivity contribution in [3.05, 3.63) is 168 Å². The molecule has 3 heteroatoms. The van der Waals surface area contributed by atoms with Crippen molar-refractivity contribution < 1.29 is 4.74 Å². The van der Waals surface area contributed by atoms with Crippen LogP contribution in [0.3, 0.4) is 0 Å². The van der Waals surface area contributed by atoms with E-state index < -0.39 is 15.8 Å². The van der Waals surface area contributed by atoms with Crippen LogP contribution in [0.2, 0.25) is 0 Å². The van der Waals surface area contributed by atoms with Gasteiger partial charge in [-0.25, -0.2) is 0 Å². The summed E-state index contributed by atoms with van der Waals surface area (Å²) in [6, 6.07) is 54.2. The van der Waals surface area contributed by atoms with Crippen LogP contribution in [-0.4, -0.2) is 0 Å². The molecule has 0 amide bonds. The van der Waals surface area contributed by atoms with Gasteiger partial charge in [0.25, 0.3) is 0 Å². The van der Waals surface area contributed by atoms with Gasteiger partial charge < -0.3 is 4.74 Å². The summed E-state index contributed by atoms with van der Waals surface area (Å²) in [6.45, 7) is 9.51. The first-order valence-electron chi connectivity index (χ1n) is 18.3.